The van der Waals surface area contributed by atoms with Crippen molar-refractivity contribution >= 4 is 0 Å². The van der Waals surface area contributed by atoms with Crippen molar-refractivity contribution < 1.29 is 9.47 Å². The van der Waals surface area contributed by atoms with Crippen LogP contribution < -0.4 is 11.5 Å². The minimum absolute atomic E-state index is 0.0232. The number of ether oxygens (including phenoxy) is 2. The van der Waals surface area contributed by atoms with E-state index in [9.17, 15) is 0 Å². The van der Waals surface area contributed by atoms with Gasteiger partial charge in [0.15, 0.2) is 0 Å². The van der Waals surface area contributed by atoms with E-state index in [-0.39, 0.29) is 17.7 Å². The fourth-order valence-corrected chi connectivity index (χ4v) is 1.49. The number of hydrogen-bond donors (Lipinski definition) is 2. The lowest BCUT2D eigenvalue weighted by Gasteiger charge is -2.31. The Balaban J connectivity index is 4.17. The molecule has 4 N–H and O–H groups in total. The number of hydrogen-bond acceptors (Lipinski definition) is 4. The van der Waals surface area contributed by atoms with Crippen molar-refractivity contribution in [1.29, 1.82) is 0 Å². The van der Waals surface area contributed by atoms with Crippen LogP contribution in [0.4, 0.5) is 0 Å². The molecule has 4 heteroatoms. The molecule has 0 rings (SSSR count). The average Bonchev–Trinajstić information content (AvgIpc) is 2.19. The van der Waals surface area contributed by atoms with Gasteiger partial charge in [0.1, 0.15) is 0 Å². The molecule has 0 saturated heterocycles. The first-order chi connectivity index (χ1) is 7.40. The summed E-state index contributed by atoms with van der Waals surface area (Å²) < 4.78 is 11.3. The Morgan fingerprint density at radius 3 is 2.31 bits per heavy atom. The quantitative estimate of drug-likeness (QED) is 0.661. The Bertz CT molecular complexity index is 169. The van der Waals surface area contributed by atoms with Gasteiger partial charge in [-0.05, 0) is 47.1 Å². The van der Waals surface area contributed by atoms with Gasteiger partial charge in [0.25, 0.3) is 0 Å². The van der Waals surface area contributed by atoms with Gasteiger partial charge < -0.3 is 20.9 Å². The molecular formula is C12H28N2O2. The van der Waals surface area contributed by atoms with Crippen LogP contribution in [0.5, 0.6) is 0 Å². The van der Waals surface area contributed by atoms with Crippen molar-refractivity contribution in [3.8, 4) is 0 Å². The standard InChI is InChI=1S/C12H28N2O2/c1-5-15-9-10(14)11(7-6-8-13)16-12(2,3)4/h10-11H,5-9,13-14H2,1-4H3. The molecule has 0 aromatic rings. The van der Waals surface area contributed by atoms with Crippen molar-refractivity contribution in [1.82, 2.24) is 0 Å². The molecule has 2 atom stereocenters. The Morgan fingerprint density at radius 1 is 1.25 bits per heavy atom. The maximum Gasteiger partial charge on any atom is 0.0756 e. The van der Waals surface area contributed by atoms with E-state index in [0.29, 0.717) is 19.8 Å². The SMILES string of the molecule is CCOCC(N)C(CCCN)OC(C)(C)C. The lowest BCUT2D eigenvalue weighted by Crippen LogP contribution is -2.44. The topological polar surface area (TPSA) is 70.5 Å². The van der Waals surface area contributed by atoms with E-state index in [4.69, 9.17) is 20.9 Å². The molecule has 0 bridgehead atoms. The molecule has 0 aliphatic carbocycles. The summed E-state index contributed by atoms with van der Waals surface area (Å²) >= 11 is 0. The van der Waals surface area contributed by atoms with Crippen molar-refractivity contribution in [3.63, 3.8) is 0 Å². The summed E-state index contributed by atoms with van der Waals surface area (Å²) in [6.45, 7) is 9.98. The van der Waals surface area contributed by atoms with Gasteiger partial charge in [-0.2, -0.15) is 0 Å². The summed E-state index contributed by atoms with van der Waals surface area (Å²) in [6.07, 6.45) is 1.85. The van der Waals surface area contributed by atoms with Crippen LogP contribution in [0.3, 0.4) is 0 Å². The fraction of sp³-hybridized carbons (Fsp3) is 1.00. The predicted molar refractivity (Wildman–Crippen MR) is 67.4 cm³/mol. The first kappa shape index (κ1) is 15.8. The highest BCUT2D eigenvalue weighted by atomic mass is 16.5. The Labute approximate surface area is 99.7 Å². The third-order valence-corrected chi connectivity index (χ3v) is 2.19. The molecular weight excluding hydrogens is 204 g/mol. The molecule has 0 aromatic carbocycles. The zero-order valence-electron chi connectivity index (χ0n) is 11.2. The van der Waals surface area contributed by atoms with Crippen LogP contribution in [0.25, 0.3) is 0 Å². The molecule has 0 spiro atoms. The van der Waals surface area contributed by atoms with Gasteiger partial charge in [-0.25, -0.2) is 0 Å². The van der Waals surface area contributed by atoms with E-state index in [1.165, 1.54) is 0 Å². The summed E-state index contributed by atoms with van der Waals surface area (Å²) in [7, 11) is 0. The Kier molecular flexibility index (Phi) is 7.93. The third-order valence-electron chi connectivity index (χ3n) is 2.19. The molecule has 2 unspecified atom stereocenters. The molecule has 0 heterocycles. The summed E-state index contributed by atoms with van der Waals surface area (Å²) in [4.78, 5) is 0. The molecule has 98 valence electrons. The smallest absolute Gasteiger partial charge is 0.0756 e. The molecule has 0 aliphatic heterocycles. The summed E-state index contributed by atoms with van der Waals surface area (Å²) in [5.74, 6) is 0. The minimum atomic E-state index is -0.177. The van der Waals surface area contributed by atoms with Crippen LogP contribution in [0, 0.1) is 0 Å². The second kappa shape index (κ2) is 8.01. The first-order valence-corrected chi connectivity index (χ1v) is 6.12. The lowest BCUT2D eigenvalue weighted by molar-refractivity contribution is -0.0831. The van der Waals surface area contributed by atoms with Crippen LogP contribution in [-0.2, 0) is 9.47 Å². The van der Waals surface area contributed by atoms with Gasteiger partial charge in [-0.1, -0.05) is 0 Å². The van der Waals surface area contributed by atoms with E-state index in [1.54, 1.807) is 0 Å². The zero-order valence-corrected chi connectivity index (χ0v) is 11.2. The monoisotopic (exact) mass is 232 g/mol. The summed E-state index contributed by atoms with van der Waals surface area (Å²) in [5, 5.41) is 0. The second-order valence-corrected chi connectivity index (χ2v) is 5.02. The second-order valence-electron chi connectivity index (χ2n) is 5.02. The van der Waals surface area contributed by atoms with Crippen LogP contribution >= 0.6 is 0 Å². The fourth-order valence-electron chi connectivity index (χ4n) is 1.49. The van der Waals surface area contributed by atoms with Gasteiger partial charge >= 0.3 is 0 Å². The summed E-state index contributed by atoms with van der Waals surface area (Å²) in [6, 6.07) is -0.0780. The molecule has 4 nitrogen and oxygen atoms in total. The molecule has 0 aromatic heterocycles. The molecule has 16 heavy (non-hydrogen) atoms. The predicted octanol–water partition coefficient (Wildman–Crippen LogP) is 1.27. The normalized spacial score (nSPS) is 16.1. The lowest BCUT2D eigenvalue weighted by atomic mass is 10.1. The van der Waals surface area contributed by atoms with Gasteiger partial charge in [-0.3, -0.25) is 0 Å². The van der Waals surface area contributed by atoms with E-state index >= 15 is 0 Å². The van der Waals surface area contributed by atoms with E-state index in [1.807, 2.05) is 27.7 Å². The van der Waals surface area contributed by atoms with Crippen LogP contribution in [-0.4, -0.2) is 37.5 Å². The van der Waals surface area contributed by atoms with Crippen molar-refractivity contribution in [2.45, 2.75) is 58.3 Å². The molecule has 0 fully saturated rings. The molecule has 0 radical (unpaired) electrons. The molecule has 0 saturated carbocycles. The van der Waals surface area contributed by atoms with Crippen LogP contribution in [0.1, 0.15) is 40.5 Å². The maximum atomic E-state index is 6.06. The van der Waals surface area contributed by atoms with Gasteiger partial charge in [-0.15, -0.1) is 0 Å². The highest BCUT2D eigenvalue weighted by molar-refractivity contribution is 4.77. The number of nitrogens with two attached hydrogens (primary N) is 2. The largest absolute Gasteiger partial charge is 0.380 e. The van der Waals surface area contributed by atoms with Crippen molar-refractivity contribution in [2.24, 2.45) is 11.5 Å². The molecule has 0 amide bonds. The van der Waals surface area contributed by atoms with E-state index in [2.05, 4.69) is 0 Å². The van der Waals surface area contributed by atoms with E-state index in [0.717, 1.165) is 12.8 Å². The van der Waals surface area contributed by atoms with Gasteiger partial charge in [0.2, 0.25) is 0 Å². The van der Waals surface area contributed by atoms with Crippen LogP contribution in [0.2, 0.25) is 0 Å². The highest BCUT2D eigenvalue weighted by Crippen LogP contribution is 2.16. The Hall–Kier alpha value is -0.160. The maximum absolute atomic E-state index is 6.06. The van der Waals surface area contributed by atoms with E-state index < -0.39 is 0 Å². The first-order valence-electron chi connectivity index (χ1n) is 6.12. The van der Waals surface area contributed by atoms with Crippen molar-refractivity contribution in [2.75, 3.05) is 19.8 Å². The van der Waals surface area contributed by atoms with Gasteiger partial charge in [0, 0.05) is 6.61 Å². The minimum Gasteiger partial charge on any atom is -0.380 e. The third kappa shape index (κ3) is 8.05. The van der Waals surface area contributed by atoms with Crippen molar-refractivity contribution in [3.05, 3.63) is 0 Å². The average molecular weight is 232 g/mol. The van der Waals surface area contributed by atoms with Gasteiger partial charge in [0.05, 0.1) is 24.4 Å². The zero-order chi connectivity index (χ0) is 12.6. The number of rotatable bonds is 8. The van der Waals surface area contributed by atoms with Crippen LogP contribution in [0.15, 0.2) is 0 Å². The highest BCUT2D eigenvalue weighted by Gasteiger charge is 2.24. The Morgan fingerprint density at radius 2 is 1.88 bits per heavy atom. The summed E-state index contributed by atoms with van der Waals surface area (Å²) in [5.41, 5.74) is 11.4. The molecule has 0 aliphatic rings.